The Morgan fingerprint density at radius 2 is 2.39 bits per heavy atom. The molecular formula is C12H15N3O3. The van der Waals surface area contributed by atoms with Crippen molar-refractivity contribution < 1.29 is 14.7 Å². The summed E-state index contributed by atoms with van der Waals surface area (Å²) >= 11 is 0. The number of nitrogens with zero attached hydrogens (tertiary/aromatic N) is 2. The van der Waals surface area contributed by atoms with E-state index in [9.17, 15) is 14.7 Å². The normalized spacial score (nSPS) is 21.1. The molecule has 1 fully saturated rings. The standard InChI is InChI=1S/C12H15N3O3/c13-8-5-11(16)15(7-8)10(12(17)18)6-9-3-1-2-4-14-9/h1-4,8,10H,5-7,13H2,(H,17,18)/t8?,10-/m0/s1. The average Bonchev–Trinajstić information content (AvgIpc) is 2.66. The first kappa shape index (κ1) is 12.5. The van der Waals surface area contributed by atoms with Crippen molar-refractivity contribution in [2.24, 2.45) is 5.73 Å². The van der Waals surface area contributed by atoms with E-state index in [0.717, 1.165) is 0 Å². The van der Waals surface area contributed by atoms with Crippen molar-refractivity contribution in [2.75, 3.05) is 6.54 Å². The number of pyridine rings is 1. The molecule has 6 heteroatoms. The molecule has 1 aromatic rings. The number of aromatic nitrogens is 1. The highest BCUT2D eigenvalue weighted by Gasteiger charge is 2.36. The molecule has 3 N–H and O–H groups in total. The number of rotatable bonds is 4. The van der Waals surface area contributed by atoms with E-state index in [2.05, 4.69) is 4.98 Å². The Hall–Kier alpha value is -1.95. The highest BCUT2D eigenvalue weighted by atomic mass is 16.4. The summed E-state index contributed by atoms with van der Waals surface area (Å²) in [6.07, 6.45) is 2.02. The fourth-order valence-electron chi connectivity index (χ4n) is 2.11. The van der Waals surface area contributed by atoms with Crippen molar-refractivity contribution in [1.82, 2.24) is 9.88 Å². The fraction of sp³-hybridized carbons (Fsp3) is 0.417. The lowest BCUT2D eigenvalue weighted by Crippen LogP contribution is -2.44. The summed E-state index contributed by atoms with van der Waals surface area (Å²) in [5.41, 5.74) is 6.33. The number of likely N-dealkylation sites (tertiary alicyclic amines) is 1. The summed E-state index contributed by atoms with van der Waals surface area (Å²) in [5.74, 6) is -1.23. The molecule has 2 heterocycles. The van der Waals surface area contributed by atoms with Crippen LogP contribution in [0.4, 0.5) is 0 Å². The summed E-state index contributed by atoms with van der Waals surface area (Å²) in [6.45, 7) is 0.294. The fourth-order valence-corrected chi connectivity index (χ4v) is 2.11. The minimum absolute atomic E-state index is 0.203. The molecule has 0 radical (unpaired) electrons. The van der Waals surface area contributed by atoms with Crippen molar-refractivity contribution in [2.45, 2.75) is 24.9 Å². The first-order valence-corrected chi connectivity index (χ1v) is 5.75. The van der Waals surface area contributed by atoms with Gasteiger partial charge in [0.15, 0.2) is 0 Å². The molecule has 0 aliphatic carbocycles. The quantitative estimate of drug-likeness (QED) is 0.759. The van der Waals surface area contributed by atoms with E-state index in [1.165, 1.54) is 4.90 Å². The van der Waals surface area contributed by atoms with Crippen molar-refractivity contribution in [3.63, 3.8) is 0 Å². The predicted octanol–water partition coefficient (Wildman–Crippen LogP) is -0.363. The molecule has 1 aliphatic rings. The largest absolute Gasteiger partial charge is 0.480 e. The van der Waals surface area contributed by atoms with Crippen LogP contribution in [0, 0.1) is 0 Å². The van der Waals surface area contributed by atoms with Crippen molar-refractivity contribution in [3.05, 3.63) is 30.1 Å². The van der Waals surface area contributed by atoms with Crippen molar-refractivity contribution in [1.29, 1.82) is 0 Å². The van der Waals surface area contributed by atoms with Gasteiger partial charge in [0, 0.05) is 37.3 Å². The molecule has 0 bridgehead atoms. The van der Waals surface area contributed by atoms with E-state index in [1.54, 1.807) is 24.4 Å². The molecule has 2 atom stereocenters. The zero-order valence-electron chi connectivity index (χ0n) is 9.82. The summed E-state index contributed by atoms with van der Waals surface area (Å²) in [7, 11) is 0. The van der Waals surface area contributed by atoms with Crippen molar-refractivity contribution in [3.8, 4) is 0 Å². The van der Waals surface area contributed by atoms with Gasteiger partial charge in [-0.05, 0) is 12.1 Å². The minimum Gasteiger partial charge on any atom is -0.480 e. The number of carboxylic acid groups (broad SMARTS) is 1. The summed E-state index contributed by atoms with van der Waals surface area (Å²) in [4.78, 5) is 28.4. The lowest BCUT2D eigenvalue weighted by Gasteiger charge is -2.24. The van der Waals surface area contributed by atoms with Crippen LogP contribution in [0.15, 0.2) is 24.4 Å². The van der Waals surface area contributed by atoms with Gasteiger partial charge in [-0.15, -0.1) is 0 Å². The first-order chi connectivity index (χ1) is 8.58. The van der Waals surface area contributed by atoms with Crippen LogP contribution in [0.1, 0.15) is 12.1 Å². The van der Waals surface area contributed by atoms with E-state index >= 15 is 0 Å². The second kappa shape index (κ2) is 5.14. The number of hydrogen-bond donors (Lipinski definition) is 2. The zero-order chi connectivity index (χ0) is 13.1. The molecule has 6 nitrogen and oxygen atoms in total. The van der Waals surface area contributed by atoms with Gasteiger partial charge in [0.1, 0.15) is 6.04 Å². The van der Waals surface area contributed by atoms with Crippen LogP contribution in [0.2, 0.25) is 0 Å². The van der Waals surface area contributed by atoms with Gasteiger partial charge in [-0.1, -0.05) is 6.07 Å². The van der Waals surface area contributed by atoms with Gasteiger partial charge in [-0.3, -0.25) is 9.78 Å². The number of hydrogen-bond acceptors (Lipinski definition) is 4. The molecule has 18 heavy (non-hydrogen) atoms. The molecule has 1 amide bonds. The van der Waals surface area contributed by atoms with E-state index in [0.29, 0.717) is 12.2 Å². The second-order valence-electron chi connectivity index (χ2n) is 4.39. The Balaban J connectivity index is 2.14. The number of carbonyl (C=O) groups is 2. The van der Waals surface area contributed by atoms with Crippen LogP contribution in [0.3, 0.4) is 0 Å². The van der Waals surface area contributed by atoms with E-state index in [-0.39, 0.29) is 24.8 Å². The third-order valence-corrected chi connectivity index (χ3v) is 2.98. The Kier molecular flexibility index (Phi) is 3.57. The van der Waals surface area contributed by atoms with Crippen LogP contribution in [0.5, 0.6) is 0 Å². The molecule has 1 aromatic heterocycles. The molecule has 2 rings (SSSR count). The van der Waals surface area contributed by atoms with E-state index in [4.69, 9.17) is 5.73 Å². The van der Waals surface area contributed by atoms with Gasteiger partial charge in [-0.25, -0.2) is 4.79 Å². The molecule has 0 aromatic carbocycles. The Morgan fingerprint density at radius 1 is 1.61 bits per heavy atom. The third-order valence-electron chi connectivity index (χ3n) is 2.98. The Bertz CT molecular complexity index is 449. The van der Waals surface area contributed by atoms with Crippen molar-refractivity contribution >= 4 is 11.9 Å². The SMILES string of the molecule is NC1CC(=O)N([C@@H](Cc2ccccn2)C(=O)O)C1. The van der Waals surface area contributed by atoms with Crippen LogP contribution in [0.25, 0.3) is 0 Å². The molecule has 1 saturated heterocycles. The monoisotopic (exact) mass is 249 g/mol. The second-order valence-corrected chi connectivity index (χ2v) is 4.39. The maximum absolute atomic E-state index is 11.7. The van der Waals surface area contributed by atoms with Crippen LogP contribution in [-0.2, 0) is 16.0 Å². The summed E-state index contributed by atoms with van der Waals surface area (Å²) < 4.78 is 0. The highest BCUT2D eigenvalue weighted by molar-refractivity contribution is 5.85. The van der Waals surface area contributed by atoms with Gasteiger partial charge >= 0.3 is 5.97 Å². The van der Waals surface area contributed by atoms with Crippen LogP contribution in [-0.4, -0.2) is 45.5 Å². The number of aliphatic carboxylic acids is 1. The van der Waals surface area contributed by atoms with Gasteiger partial charge in [-0.2, -0.15) is 0 Å². The van der Waals surface area contributed by atoms with E-state index < -0.39 is 12.0 Å². The molecule has 0 saturated carbocycles. The average molecular weight is 249 g/mol. The summed E-state index contributed by atoms with van der Waals surface area (Å²) in [6, 6.07) is 4.13. The van der Waals surface area contributed by atoms with Crippen LogP contribution >= 0.6 is 0 Å². The number of carbonyl (C=O) groups excluding carboxylic acids is 1. The smallest absolute Gasteiger partial charge is 0.326 e. The lowest BCUT2D eigenvalue weighted by molar-refractivity contribution is -0.148. The highest BCUT2D eigenvalue weighted by Crippen LogP contribution is 2.16. The lowest BCUT2D eigenvalue weighted by atomic mass is 10.1. The van der Waals surface area contributed by atoms with Gasteiger partial charge in [0.05, 0.1) is 0 Å². The molecule has 96 valence electrons. The van der Waals surface area contributed by atoms with Crippen LogP contribution < -0.4 is 5.73 Å². The first-order valence-electron chi connectivity index (χ1n) is 5.75. The Labute approximate surface area is 104 Å². The van der Waals surface area contributed by atoms with E-state index in [1.807, 2.05) is 0 Å². The molecular weight excluding hydrogens is 234 g/mol. The Morgan fingerprint density at radius 3 is 2.89 bits per heavy atom. The molecule has 1 aliphatic heterocycles. The number of nitrogens with two attached hydrogens (primary N) is 1. The van der Waals surface area contributed by atoms with Gasteiger partial charge < -0.3 is 15.7 Å². The van der Waals surface area contributed by atoms with Gasteiger partial charge in [0.25, 0.3) is 0 Å². The number of carboxylic acids is 1. The zero-order valence-corrected chi connectivity index (χ0v) is 9.82. The topological polar surface area (TPSA) is 96.5 Å². The third kappa shape index (κ3) is 2.65. The number of amides is 1. The predicted molar refractivity (Wildman–Crippen MR) is 63.7 cm³/mol. The molecule has 1 unspecified atom stereocenters. The van der Waals surface area contributed by atoms with Gasteiger partial charge in [0.2, 0.25) is 5.91 Å². The minimum atomic E-state index is -1.02. The molecule has 0 spiro atoms. The maximum Gasteiger partial charge on any atom is 0.326 e. The maximum atomic E-state index is 11.7. The summed E-state index contributed by atoms with van der Waals surface area (Å²) in [5, 5.41) is 9.24.